The third-order valence-corrected chi connectivity index (χ3v) is 0.319. The van der Waals surface area contributed by atoms with E-state index in [-0.39, 0.29) is 75.3 Å². The molecule has 0 radical (unpaired) electrons. The Morgan fingerprint density at radius 3 is 2.29 bits per heavy atom. The van der Waals surface area contributed by atoms with Crippen LogP contribution in [0.2, 0.25) is 0 Å². The van der Waals surface area contributed by atoms with Crippen LogP contribution in [0.3, 0.4) is 0 Å². The molecule has 0 unspecified atom stereocenters. The van der Waals surface area contributed by atoms with Gasteiger partial charge < -0.3 is 5.11 Å². The molecular formula is C4H7CsO2. The van der Waals surface area contributed by atoms with Gasteiger partial charge in [0.15, 0.2) is 0 Å². The van der Waals surface area contributed by atoms with Crippen molar-refractivity contribution in [3.8, 4) is 0 Å². The van der Waals surface area contributed by atoms with Gasteiger partial charge in [-0.3, -0.25) is 4.79 Å². The molecule has 0 atom stereocenters. The van der Waals surface area contributed by atoms with E-state index in [2.05, 4.69) is 6.58 Å². The van der Waals surface area contributed by atoms with Crippen molar-refractivity contribution in [2.45, 2.75) is 6.42 Å². The van der Waals surface area contributed by atoms with Gasteiger partial charge in [0.1, 0.15) is 0 Å². The maximum atomic E-state index is 9.53. The second-order valence-corrected chi connectivity index (χ2v) is 0.887. The van der Waals surface area contributed by atoms with Crippen molar-refractivity contribution in [1.82, 2.24) is 0 Å². The Labute approximate surface area is 101 Å². The second-order valence-electron chi connectivity index (χ2n) is 0.887. The molecule has 0 aromatic heterocycles. The third-order valence-electron chi connectivity index (χ3n) is 0.319. The molecule has 0 saturated heterocycles. The van der Waals surface area contributed by atoms with Crippen molar-refractivity contribution < 1.29 is 9.90 Å². The van der Waals surface area contributed by atoms with E-state index in [1.807, 2.05) is 0 Å². The minimum absolute atomic E-state index is 0. The van der Waals surface area contributed by atoms with Crippen LogP contribution in [0.25, 0.3) is 0 Å². The van der Waals surface area contributed by atoms with Crippen molar-refractivity contribution in [2.75, 3.05) is 0 Å². The molecule has 1 N–H and O–H groups in total. The van der Waals surface area contributed by atoms with Crippen molar-refractivity contribution >= 4 is 74.9 Å². The van der Waals surface area contributed by atoms with E-state index < -0.39 is 5.97 Å². The first-order valence-corrected chi connectivity index (χ1v) is 1.60. The van der Waals surface area contributed by atoms with Crippen LogP contribution in [0.5, 0.6) is 0 Å². The summed E-state index contributed by atoms with van der Waals surface area (Å²) < 4.78 is 0. The van der Waals surface area contributed by atoms with Gasteiger partial charge in [0.2, 0.25) is 0 Å². The van der Waals surface area contributed by atoms with Gasteiger partial charge in [-0.15, -0.1) is 6.58 Å². The molecule has 0 spiro atoms. The molecule has 7 heavy (non-hydrogen) atoms. The van der Waals surface area contributed by atoms with E-state index in [0.29, 0.717) is 0 Å². The number of carboxylic acid groups (broad SMARTS) is 1. The summed E-state index contributed by atoms with van der Waals surface area (Å²) in [6, 6.07) is 0. The average Bonchev–Trinajstić information content (AvgIpc) is 1.35. The predicted molar refractivity (Wildman–Crippen MR) is 29.6 cm³/mol. The van der Waals surface area contributed by atoms with Crippen LogP contribution in [-0.2, 0) is 4.79 Å². The van der Waals surface area contributed by atoms with Crippen LogP contribution in [0.1, 0.15) is 6.42 Å². The fourth-order valence-corrected chi connectivity index (χ4v) is 0.123. The quantitative estimate of drug-likeness (QED) is 0.665. The topological polar surface area (TPSA) is 37.3 Å². The van der Waals surface area contributed by atoms with Crippen LogP contribution in [0.4, 0.5) is 0 Å². The van der Waals surface area contributed by atoms with Crippen LogP contribution in [-0.4, -0.2) is 80.0 Å². The zero-order chi connectivity index (χ0) is 4.99. The monoisotopic (exact) mass is 220 g/mol. The molecule has 0 aromatic rings. The molecule has 0 aromatic carbocycles. The summed E-state index contributed by atoms with van der Waals surface area (Å²) in [7, 11) is 0. The van der Waals surface area contributed by atoms with E-state index in [1.54, 1.807) is 0 Å². The summed E-state index contributed by atoms with van der Waals surface area (Å²) in [6.07, 6.45) is 1.41. The number of hydrogen-bond donors (Lipinski definition) is 1. The molecule has 36 valence electrons. The molecular weight excluding hydrogens is 213 g/mol. The molecule has 0 aliphatic heterocycles. The number of rotatable bonds is 2. The van der Waals surface area contributed by atoms with Crippen LogP contribution < -0.4 is 0 Å². The van der Waals surface area contributed by atoms with Crippen molar-refractivity contribution in [3.05, 3.63) is 12.7 Å². The third kappa shape index (κ3) is 11.1. The van der Waals surface area contributed by atoms with Crippen LogP contribution >= 0.6 is 0 Å². The zero-order valence-corrected chi connectivity index (χ0v) is 3.35. The number of carboxylic acids is 1. The fourth-order valence-electron chi connectivity index (χ4n) is 0.123. The van der Waals surface area contributed by atoms with Crippen molar-refractivity contribution in [1.29, 1.82) is 0 Å². The van der Waals surface area contributed by atoms with E-state index in [0.717, 1.165) is 0 Å². The summed E-state index contributed by atoms with van der Waals surface area (Å²) in [6.45, 7) is 3.22. The Kier molecular flexibility index (Phi) is 11.5. The maximum absolute atomic E-state index is 9.53. The first-order chi connectivity index (χ1) is 2.77. The Hall–Kier alpha value is 1.26. The molecule has 0 saturated carbocycles. The van der Waals surface area contributed by atoms with Gasteiger partial charge in [-0.05, 0) is 0 Å². The molecule has 0 amide bonds. The van der Waals surface area contributed by atoms with Gasteiger partial charge in [0, 0.05) is 0 Å². The van der Waals surface area contributed by atoms with E-state index >= 15 is 0 Å². The molecule has 0 heterocycles. The minimum atomic E-state index is -0.829. The Bertz CT molecular complexity index is 70.1. The van der Waals surface area contributed by atoms with E-state index in [9.17, 15) is 4.79 Å². The zero-order valence-electron chi connectivity index (χ0n) is 3.35. The summed E-state index contributed by atoms with van der Waals surface area (Å²) in [4.78, 5) is 9.53. The second kappa shape index (κ2) is 7.26. The summed E-state index contributed by atoms with van der Waals surface area (Å²) in [5.74, 6) is -0.829. The molecule has 0 aliphatic carbocycles. The summed E-state index contributed by atoms with van der Waals surface area (Å²) >= 11 is 0. The Morgan fingerprint density at radius 1 is 1.86 bits per heavy atom. The number of carbonyl (C=O) groups is 1. The first-order valence-electron chi connectivity index (χ1n) is 1.60. The molecule has 0 aliphatic rings. The van der Waals surface area contributed by atoms with E-state index in [1.165, 1.54) is 6.08 Å². The standard InChI is InChI=1S/C4H6O2.Cs.H/c1-2-3-4(5)6;;/h2H,1,3H2,(H,5,6);;. The van der Waals surface area contributed by atoms with Crippen molar-refractivity contribution in [3.63, 3.8) is 0 Å². The molecule has 0 fully saturated rings. The molecule has 3 heteroatoms. The predicted octanol–water partition coefficient (Wildman–Crippen LogP) is -0.00140. The summed E-state index contributed by atoms with van der Waals surface area (Å²) in [5, 5.41) is 7.84. The van der Waals surface area contributed by atoms with Gasteiger partial charge in [-0.25, -0.2) is 0 Å². The van der Waals surface area contributed by atoms with Gasteiger partial charge >= 0.3 is 74.9 Å². The van der Waals surface area contributed by atoms with Gasteiger partial charge in [0.25, 0.3) is 0 Å². The summed E-state index contributed by atoms with van der Waals surface area (Å²) in [5.41, 5.74) is 0. The van der Waals surface area contributed by atoms with Crippen LogP contribution in [0, 0.1) is 0 Å². The SMILES string of the molecule is C=CCC(=O)O.[CsH]. The first kappa shape index (κ1) is 11.1. The average molecular weight is 220 g/mol. The molecule has 0 bridgehead atoms. The fraction of sp³-hybridized carbons (Fsp3) is 0.250. The molecule has 0 rings (SSSR count). The van der Waals surface area contributed by atoms with Crippen LogP contribution in [0.15, 0.2) is 12.7 Å². The van der Waals surface area contributed by atoms with Gasteiger partial charge in [-0.1, -0.05) is 6.08 Å². The Morgan fingerprint density at radius 2 is 2.29 bits per heavy atom. The van der Waals surface area contributed by atoms with Gasteiger partial charge in [0.05, 0.1) is 6.42 Å². The normalized spacial score (nSPS) is 6.29. The van der Waals surface area contributed by atoms with Gasteiger partial charge in [-0.2, -0.15) is 0 Å². The Balaban J connectivity index is 0. The number of aliphatic carboxylic acids is 1. The molecule has 2 nitrogen and oxygen atoms in total. The van der Waals surface area contributed by atoms with E-state index in [4.69, 9.17) is 5.11 Å². The number of hydrogen-bond acceptors (Lipinski definition) is 1. The van der Waals surface area contributed by atoms with Crippen molar-refractivity contribution in [2.24, 2.45) is 0 Å².